The van der Waals surface area contributed by atoms with Crippen LogP contribution >= 0.6 is 0 Å². The van der Waals surface area contributed by atoms with Crippen molar-refractivity contribution in [3.05, 3.63) is 36.0 Å². The van der Waals surface area contributed by atoms with Crippen LogP contribution in [0.5, 0.6) is 5.75 Å². The molecular weight excluding hydrogens is 244 g/mol. The van der Waals surface area contributed by atoms with Crippen LogP contribution in [0.2, 0.25) is 0 Å². The van der Waals surface area contributed by atoms with Crippen LogP contribution in [0.1, 0.15) is 12.6 Å². The first-order valence-electron chi connectivity index (χ1n) is 5.91. The number of aliphatic carboxylic acids is 1. The number of aryl methyl sites for hydroxylation is 1. The minimum absolute atomic E-state index is 0.114. The maximum absolute atomic E-state index is 10.9. The van der Waals surface area contributed by atoms with E-state index in [4.69, 9.17) is 15.6 Å². The molecule has 100 valence electrons. The molecule has 5 nitrogen and oxygen atoms in total. The summed E-state index contributed by atoms with van der Waals surface area (Å²) < 4.78 is 5.53. The predicted octanol–water partition coefficient (Wildman–Crippen LogP) is 1.72. The van der Waals surface area contributed by atoms with E-state index in [0.29, 0.717) is 11.3 Å². The molecule has 2 rings (SSSR count). The van der Waals surface area contributed by atoms with E-state index in [0.717, 1.165) is 11.1 Å². The third-order valence-electron chi connectivity index (χ3n) is 2.84. The largest absolute Gasteiger partial charge is 0.489 e. The van der Waals surface area contributed by atoms with Crippen molar-refractivity contribution in [2.75, 3.05) is 6.61 Å². The fourth-order valence-corrected chi connectivity index (χ4v) is 1.62. The molecule has 2 aromatic rings. The smallest absolute Gasteiger partial charge is 0.326 e. The Morgan fingerprint density at radius 2 is 2.16 bits per heavy atom. The van der Waals surface area contributed by atoms with Crippen LogP contribution in [0.3, 0.4) is 0 Å². The van der Waals surface area contributed by atoms with Gasteiger partial charge in [-0.2, -0.15) is 0 Å². The fourth-order valence-electron chi connectivity index (χ4n) is 1.62. The van der Waals surface area contributed by atoms with Crippen molar-refractivity contribution < 1.29 is 14.6 Å². The van der Waals surface area contributed by atoms with Gasteiger partial charge < -0.3 is 15.6 Å². The number of para-hydroxylation sites is 1. The van der Waals surface area contributed by atoms with E-state index < -0.39 is 11.5 Å². The van der Waals surface area contributed by atoms with E-state index in [2.05, 4.69) is 4.98 Å². The van der Waals surface area contributed by atoms with E-state index in [9.17, 15) is 4.79 Å². The second-order valence-electron chi connectivity index (χ2n) is 4.79. The zero-order valence-electron chi connectivity index (χ0n) is 10.9. The highest BCUT2D eigenvalue weighted by Crippen LogP contribution is 2.24. The lowest BCUT2D eigenvalue weighted by molar-refractivity contribution is -0.143. The van der Waals surface area contributed by atoms with E-state index in [1.54, 1.807) is 6.07 Å². The molecule has 0 amide bonds. The molecule has 0 saturated carbocycles. The third-order valence-corrected chi connectivity index (χ3v) is 2.84. The van der Waals surface area contributed by atoms with Gasteiger partial charge in [-0.25, -0.2) is 4.98 Å². The molecule has 0 bridgehead atoms. The van der Waals surface area contributed by atoms with Crippen molar-refractivity contribution in [2.45, 2.75) is 19.4 Å². The third kappa shape index (κ3) is 2.82. The fraction of sp³-hybridized carbons (Fsp3) is 0.286. The highest BCUT2D eigenvalue weighted by atomic mass is 16.5. The van der Waals surface area contributed by atoms with Gasteiger partial charge in [0.2, 0.25) is 0 Å². The first-order valence-corrected chi connectivity index (χ1v) is 5.91. The molecule has 1 aromatic carbocycles. The number of ether oxygens (including phenoxy) is 1. The lowest BCUT2D eigenvalue weighted by atomic mass is 10.1. The van der Waals surface area contributed by atoms with Crippen molar-refractivity contribution in [1.29, 1.82) is 0 Å². The van der Waals surface area contributed by atoms with E-state index in [-0.39, 0.29) is 6.61 Å². The number of nitrogens with two attached hydrogens (primary N) is 1. The first-order chi connectivity index (χ1) is 8.90. The molecule has 5 heteroatoms. The summed E-state index contributed by atoms with van der Waals surface area (Å²) in [6, 6.07) is 9.38. The van der Waals surface area contributed by atoms with Crippen molar-refractivity contribution in [1.82, 2.24) is 4.98 Å². The maximum Gasteiger partial charge on any atom is 0.326 e. The van der Waals surface area contributed by atoms with Gasteiger partial charge in [0.1, 0.15) is 23.4 Å². The predicted molar refractivity (Wildman–Crippen MR) is 72.2 cm³/mol. The molecule has 19 heavy (non-hydrogen) atoms. The van der Waals surface area contributed by atoms with Crippen LogP contribution < -0.4 is 10.5 Å². The average Bonchev–Trinajstić information content (AvgIpc) is 2.36. The van der Waals surface area contributed by atoms with Gasteiger partial charge in [0.05, 0.1) is 0 Å². The summed E-state index contributed by atoms with van der Waals surface area (Å²) in [5.74, 6) is -0.559. The quantitative estimate of drug-likeness (QED) is 0.874. The molecule has 0 saturated heterocycles. The van der Waals surface area contributed by atoms with Gasteiger partial charge >= 0.3 is 5.97 Å². The van der Waals surface area contributed by atoms with E-state index in [1.807, 2.05) is 31.2 Å². The van der Waals surface area contributed by atoms with Crippen LogP contribution in [0.25, 0.3) is 10.9 Å². The zero-order valence-corrected chi connectivity index (χ0v) is 10.9. The minimum atomic E-state index is -1.42. The van der Waals surface area contributed by atoms with Crippen molar-refractivity contribution in [3.63, 3.8) is 0 Å². The van der Waals surface area contributed by atoms with Gasteiger partial charge in [-0.1, -0.05) is 18.2 Å². The normalized spacial score (nSPS) is 14.1. The highest BCUT2D eigenvalue weighted by molar-refractivity contribution is 5.84. The molecule has 1 heterocycles. The molecule has 0 aliphatic rings. The minimum Gasteiger partial charge on any atom is -0.489 e. The van der Waals surface area contributed by atoms with E-state index >= 15 is 0 Å². The Labute approximate surface area is 111 Å². The lowest BCUT2D eigenvalue weighted by Gasteiger charge is -2.20. The number of rotatable bonds is 4. The molecule has 0 radical (unpaired) electrons. The summed E-state index contributed by atoms with van der Waals surface area (Å²) >= 11 is 0. The van der Waals surface area contributed by atoms with Crippen LogP contribution in [-0.4, -0.2) is 28.2 Å². The Morgan fingerprint density at radius 3 is 2.84 bits per heavy atom. The number of aromatic nitrogens is 1. The second kappa shape index (κ2) is 4.85. The molecule has 1 unspecified atom stereocenters. The second-order valence-corrected chi connectivity index (χ2v) is 4.79. The highest BCUT2D eigenvalue weighted by Gasteiger charge is 2.29. The Bertz CT molecular complexity index is 623. The molecule has 0 aliphatic carbocycles. The maximum atomic E-state index is 10.9. The van der Waals surface area contributed by atoms with Crippen molar-refractivity contribution in [2.24, 2.45) is 5.73 Å². The summed E-state index contributed by atoms with van der Waals surface area (Å²) in [5, 5.41) is 9.90. The van der Waals surface area contributed by atoms with Crippen LogP contribution in [0.15, 0.2) is 30.3 Å². The number of nitrogens with zero attached hydrogens (tertiary/aromatic N) is 1. The van der Waals surface area contributed by atoms with Crippen molar-refractivity contribution >= 4 is 16.9 Å². The van der Waals surface area contributed by atoms with Crippen LogP contribution in [-0.2, 0) is 4.79 Å². The van der Waals surface area contributed by atoms with Gasteiger partial charge in [-0.3, -0.25) is 4.79 Å². The number of fused-ring (bicyclic) bond motifs is 1. The van der Waals surface area contributed by atoms with Gasteiger partial charge in [0.25, 0.3) is 0 Å². The number of pyridine rings is 1. The van der Waals surface area contributed by atoms with Gasteiger partial charge in [0, 0.05) is 11.1 Å². The van der Waals surface area contributed by atoms with Gasteiger partial charge in [-0.15, -0.1) is 0 Å². The standard InChI is InChI=1S/C14H16N2O3/c1-9-6-7-10-4-3-5-11(12(10)16-9)19-8-14(2,15)13(17)18/h3-7H,8,15H2,1-2H3,(H,17,18). The average molecular weight is 260 g/mol. The Morgan fingerprint density at radius 1 is 1.42 bits per heavy atom. The van der Waals surface area contributed by atoms with Crippen molar-refractivity contribution in [3.8, 4) is 5.75 Å². The summed E-state index contributed by atoms with van der Waals surface area (Å²) in [5.41, 5.74) is 5.80. The lowest BCUT2D eigenvalue weighted by Crippen LogP contribution is -2.49. The number of hydrogen-bond donors (Lipinski definition) is 2. The number of carboxylic acid groups (broad SMARTS) is 1. The van der Waals surface area contributed by atoms with Gasteiger partial charge in [0.15, 0.2) is 0 Å². The number of hydrogen-bond acceptors (Lipinski definition) is 4. The monoisotopic (exact) mass is 260 g/mol. The Kier molecular flexibility index (Phi) is 3.40. The molecule has 1 atom stereocenters. The number of carboxylic acids is 1. The molecule has 0 spiro atoms. The summed E-state index contributed by atoms with van der Waals surface area (Å²) in [6.45, 7) is 3.19. The Hall–Kier alpha value is -2.14. The van der Waals surface area contributed by atoms with Crippen LogP contribution in [0.4, 0.5) is 0 Å². The summed E-state index contributed by atoms with van der Waals surface area (Å²) in [7, 11) is 0. The Balaban J connectivity index is 2.31. The molecule has 3 N–H and O–H groups in total. The summed E-state index contributed by atoms with van der Waals surface area (Å²) in [6.07, 6.45) is 0. The van der Waals surface area contributed by atoms with E-state index in [1.165, 1.54) is 6.92 Å². The van der Waals surface area contributed by atoms with Crippen LogP contribution in [0, 0.1) is 6.92 Å². The first kappa shape index (κ1) is 13.3. The summed E-state index contributed by atoms with van der Waals surface area (Å²) in [4.78, 5) is 15.3. The molecule has 1 aromatic heterocycles. The zero-order chi connectivity index (χ0) is 14.0. The molecule has 0 fully saturated rings. The van der Waals surface area contributed by atoms with Gasteiger partial charge in [-0.05, 0) is 26.0 Å². The number of carbonyl (C=O) groups is 1. The SMILES string of the molecule is Cc1ccc2cccc(OCC(C)(N)C(=O)O)c2n1. The molecular formula is C14H16N2O3. The molecule has 0 aliphatic heterocycles. The number of benzene rings is 1. The topological polar surface area (TPSA) is 85.4 Å².